The standard InChI is InChI=1S/C24H24N4OS.ClH/c1-2-20-10-6-11-21-23(20)26-24(30-21)28(16-7-15-27-17-14-25-18-27)22(29)13-12-19-8-4-3-5-9-19;/h3-6,8-14,17-18H,2,7,15-16H2,1H3;1H/b13-12+;. The Hall–Kier alpha value is -2.96. The number of carbonyl (C=O) groups is 1. The van der Waals surface area contributed by atoms with Crippen LogP contribution in [0.4, 0.5) is 5.13 Å². The average Bonchev–Trinajstić information content (AvgIpc) is 3.45. The van der Waals surface area contributed by atoms with Crippen LogP contribution < -0.4 is 4.90 Å². The van der Waals surface area contributed by atoms with Gasteiger partial charge < -0.3 is 4.57 Å². The largest absolute Gasteiger partial charge is 0.337 e. The van der Waals surface area contributed by atoms with Crippen LogP contribution in [0.1, 0.15) is 24.5 Å². The Morgan fingerprint density at radius 2 is 2.00 bits per heavy atom. The lowest BCUT2D eigenvalue weighted by Gasteiger charge is -2.18. The molecule has 0 aliphatic rings. The molecule has 2 aromatic carbocycles. The molecule has 0 unspecified atom stereocenters. The Labute approximate surface area is 192 Å². The molecule has 0 aliphatic carbocycles. The first-order chi connectivity index (χ1) is 14.7. The number of aromatic nitrogens is 3. The van der Waals surface area contributed by atoms with E-state index in [4.69, 9.17) is 4.98 Å². The van der Waals surface area contributed by atoms with Crippen LogP contribution in [0.2, 0.25) is 0 Å². The van der Waals surface area contributed by atoms with Crippen LogP contribution in [0.5, 0.6) is 0 Å². The number of fused-ring (bicyclic) bond motifs is 1. The first-order valence-electron chi connectivity index (χ1n) is 10.1. The molecule has 1 amide bonds. The number of amides is 1. The molecule has 0 saturated heterocycles. The summed E-state index contributed by atoms with van der Waals surface area (Å²) in [5, 5.41) is 0.749. The van der Waals surface area contributed by atoms with Crippen LogP contribution in [0.3, 0.4) is 0 Å². The molecule has 2 heterocycles. The summed E-state index contributed by atoms with van der Waals surface area (Å²) in [5.41, 5.74) is 3.21. The van der Waals surface area contributed by atoms with Crippen molar-refractivity contribution < 1.29 is 4.79 Å². The maximum Gasteiger partial charge on any atom is 0.252 e. The van der Waals surface area contributed by atoms with Gasteiger partial charge in [-0.2, -0.15) is 0 Å². The molecule has 4 aromatic rings. The van der Waals surface area contributed by atoms with E-state index in [1.54, 1.807) is 34.8 Å². The third kappa shape index (κ3) is 5.60. The molecule has 31 heavy (non-hydrogen) atoms. The van der Waals surface area contributed by atoms with Gasteiger partial charge in [-0.1, -0.05) is 60.7 Å². The molecule has 0 saturated carbocycles. The summed E-state index contributed by atoms with van der Waals surface area (Å²) in [6.45, 7) is 3.53. The Bertz CT molecular complexity index is 1140. The number of benzene rings is 2. The fourth-order valence-corrected chi connectivity index (χ4v) is 4.39. The van der Waals surface area contributed by atoms with Crippen molar-refractivity contribution in [1.29, 1.82) is 0 Å². The summed E-state index contributed by atoms with van der Waals surface area (Å²) in [6, 6.07) is 16.1. The predicted molar refractivity (Wildman–Crippen MR) is 131 cm³/mol. The number of hydrogen-bond acceptors (Lipinski definition) is 4. The summed E-state index contributed by atoms with van der Waals surface area (Å²) in [6.07, 6.45) is 10.7. The molecule has 0 spiro atoms. The third-order valence-electron chi connectivity index (χ3n) is 4.94. The lowest BCUT2D eigenvalue weighted by molar-refractivity contribution is -0.114. The van der Waals surface area contributed by atoms with Gasteiger partial charge in [0.2, 0.25) is 0 Å². The summed E-state index contributed by atoms with van der Waals surface area (Å²) < 4.78 is 3.14. The topological polar surface area (TPSA) is 51.0 Å². The zero-order valence-corrected chi connectivity index (χ0v) is 19.0. The highest BCUT2D eigenvalue weighted by Crippen LogP contribution is 2.31. The lowest BCUT2D eigenvalue weighted by Crippen LogP contribution is -2.30. The highest BCUT2D eigenvalue weighted by Gasteiger charge is 2.18. The number of para-hydroxylation sites is 1. The maximum absolute atomic E-state index is 13.1. The zero-order chi connectivity index (χ0) is 20.8. The number of nitrogens with zero attached hydrogens (tertiary/aromatic N) is 4. The average molecular weight is 453 g/mol. The van der Waals surface area contributed by atoms with Crippen molar-refractivity contribution in [2.45, 2.75) is 26.3 Å². The molecular formula is C24H25ClN4OS. The van der Waals surface area contributed by atoms with Crippen molar-refractivity contribution in [3.8, 4) is 0 Å². The number of anilines is 1. The summed E-state index contributed by atoms with van der Waals surface area (Å²) in [5.74, 6) is -0.0541. The van der Waals surface area contributed by atoms with Gasteiger partial charge in [0.15, 0.2) is 5.13 Å². The van der Waals surface area contributed by atoms with E-state index in [1.165, 1.54) is 5.56 Å². The van der Waals surface area contributed by atoms with Crippen LogP contribution in [-0.4, -0.2) is 27.0 Å². The van der Waals surface area contributed by atoms with E-state index in [-0.39, 0.29) is 18.3 Å². The highest BCUT2D eigenvalue weighted by atomic mass is 35.5. The van der Waals surface area contributed by atoms with E-state index in [0.29, 0.717) is 6.54 Å². The normalized spacial score (nSPS) is 11.0. The van der Waals surface area contributed by atoms with E-state index < -0.39 is 0 Å². The number of thiazole rings is 1. The van der Waals surface area contributed by atoms with Gasteiger partial charge in [-0.15, -0.1) is 12.4 Å². The SMILES string of the molecule is CCc1cccc2sc(N(CCCn3ccnc3)C(=O)/C=C/c3ccccc3)nc12.Cl. The smallest absolute Gasteiger partial charge is 0.252 e. The highest BCUT2D eigenvalue weighted by molar-refractivity contribution is 7.22. The Morgan fingerprint density at radius 1 is 1.16 bits per heavy atom. The molecule has 0 radical (unpaired) electrons. The third-order valence-corrected chi connectivity index (χ3v) is 5.99. The molecule has 0 fully saturated rings. The van der Waals surface area contributed by atoms with Crippen molar-refractivity contribution in [2.24, 2.45) is 0 Å². The van der Waals surface area contributed by atoms with Crippen molar-refractivity contribution in [1.82, 2.24) is 14.5 Å². The fraction of sp³-hybridized carbons (Fsp3) is 0.208. The molecule has 0 atom stereocenters. The predicted octanol–water partition coefficient (Wildman–Crippen LogP) is 5.61. The van der Waals surface area contributed by atoms with Gasteiger partial charge in [0.25, 0.3) is 5.91 Å². The molecule has 0 aliphatic heterocycles. The van der Waals surface area contributed by atoms with Crippen LogP contribution in [0.15, 0.2) is 73.3 Å². The number of aryl methyl sites for hydroxylation is 2. The van der Waals surface area contributed by atoms with Gasteiger partial charge in [-0.25, -0.2) is 9.97 Å². The second-order valence-electron chi connectivity index (χ2n) is 7.00. The van der Waals surface area contributed by atoms with Crippen LogP contribution in [0, 0.1) is 0 Å². The van der Waals surface area contributed by atoms with Gasteiger partial charge in [-0.3, -0.25) is 9.69 Å². The van der Waals surface area contributed by atoms with Gasteiger partial charge >= 0.3 is 0 Å². The second kappa shape index (κ2) is 10.9. The van der Waals surface area contributed by atoms with E-state index in [0.717, 1.165) is 40.3 Å². The first-order valence-corrected chi connectivity index (χ1v) is 10.9. The lowest BCUT2D eigenvalue weighted by atomic mass is 10.1. The van der Waals surface area contributed by atoms with Gasteiger partial charge in [0, 0.05) is 31.6 Å². The van der Waals surface area contributed by atoms with E-state index in [9.17, 15) is 4.79 Å². The van der Waals surface area contributed by atoms with Crippen molar-refractivity contribution >= 4 is 51.1 Å². The quantitative estimate of drug-likeness (QED) is 0.326. The minimum Gasteiger partial charge on any atom is -0.337 e. The molecule has 7 heteroatoms. The Balaban J connectivity index is 0.00000272. The maximum atomic E-state index is 13.1. The summed E-state index contributed by atoms with van der Waals surface area (Å²) in [7, 11) is 0. The van der Waals surface area contributed by atoms with Crippen LogP contribution in [-0.2, 0) is 17.8 Å². The minimum atomic E-state index is -0.0541. The summed E-state index contributed by atoms with van der Waals surface area (Å²) >= 11 is 1.57. The molecule has 5 nitrogen and oxygen atoms in total. The van der Waals surface area contributed by atoms with E-state index in [1.807, 2.05) is 47.2 Å². The van der Waals surface area contributed by atoms with Crippen molar-refractivity contribution in [2.75, 3.05) is 11.4 Å². The number of hydrogen-bond donors (Lipinski definition) is 0. The second-order valence-corrected chi connectivity index (χ2v) is 8.01. The molecule has 2 aromatic heterocycles. The molecular weight excluding hydrogens is 428 g/mol. The molecule has 0 N–H and O–H groups in total. The van der Waals surface area contributed by atoms with Crippen LogP contribution >= 0.6 is 23.7 Å². The minimum absolute atomic E-state index is 0. The summed E-state index contributed by atoms with van der Waals surface area (Å²) in [4.78, 5) is 23.9. The molecule has 4 rings (SSSR count). The van der Waals surface area contributed by atoms with Gasteiger partial charge in [-0.05, 0) is 36.1 Å². The van der Waals surface area contributed by atoms with Crippen molar-refractivity contribution in [3.63, 3.8) is 0 Å². The number of halogens is 1. The zero-order valence-electron chi connectivity index (χ0n) is 17.3. The first kappa shape index (κ1) is 22.7. The van der Waals surface area contributed by atoms with Crippen molar-refractivity contribution in [3.05, 3.63) is 84.5 Å². The van der Waals surface area contributed by atoms with Gasteiger partial charge in [0.1, 0.15) is 0 Å². The fourth-order valence-electron chi connectivity index (χ4n) is 3.35. The van der Waals surface area contributed by atoms with Crippen LogP contribution in [0.25, 0.3) is 16.3 Å². The molecule has 0 bridgehead atoms. The number of rotatable bonds is 8. The Morgan fingerprint density at radius 3 is 2.74 bits per heavy atom. The van der Waals surface area contributed by atoms with E-state index >= 15 is 0 Å². The number of imidazole rings is 1. The Kier molecular flexibility index (Phi) is 7.98. The number of carbonyl (C=O) groups excluding carboxylic acids is 1. The van der Waals surface area contributed by atoms with Gasteiger partial charge in [0.05, 0.1) is 16.5 Å². The monoisotopic (exact) mass is 452 g/mol. The molecule has 160 valence electrons. The van der Waals surface area contributed by atoms with E-state index in [2.05, 4.69) is 30.1 Å².